The van der Waals surface area contributed by atoms with E-state index in [1.54, 1.807) is 17.0 Å². The summed E-state index contributed by atoms with van der Waals surface area (Å²) in [5.41, 5.74) is 1.69. The minimum Gasteiger partial charge on any atom is -0.459 e. The van der Waals surface area contributed by atoms with Crippen LogP contribution in [0.2, 0.25) is 0 Å². The monoisotopic (exact) mass is 340 g/mol. The van der Waals surface area contributed by atoms with Gasteiger partial charge in [0, 0.05) is 19.6 Å². The van der Waals surface area contributed by atoms with Crippen molar-refractivity contribution in [3.8, 4) is 0 Å². The molecule has 1 unspecified atom stereocenters. The number of likely N-dealkylation sites (tertiary alicyclic amines) is 1. The predicted octanol–water partition coefficient (Wildman–Crippen LogP) is 3.15. The number of furan rings is 1. The maximum absolute atomic E-state index is 12.8. The van der Waals surface area contributed by atoms with Crippen molar-refractivity contribution in [2.75, 3.05) is 13.1 Å². The van der Waals surface area contributed by atoms with Crippen molar-refractivity contribution in [3.63, 3.8) is 0 Å². The zero-order chi connectivity index (χ0) is 17.9. The van der Waals surface area contributed by atoms with Crippen LogP contribution in [0.5, 0.6) is 0 Å². The molecular weight excluding hydrogens is 316 g/mol. The Labute approximate surface area is 148 Å². The molecule has 1 fully saturated rings. The van der Waals surface area contributed by atoms with Gasteiger partial charge < -0.3 is 14.6 Å². The van der Waals surface area contributed by atoms with E-state index in [0.29, 0.717) is 25.4 Å². The fourth-order valence-electron chi connectivity index (χ4n) is 3.35. The highest BCUT2D eigenvalue weighted by atomic mass is 16.3. The third-order valence-corrected chi connectivity index (χ3v) is 4.96. The van der Waals surface area contributed by atoms with Gasteiger partial charge in [0.05, 0.1) is 11.7 Å². The van der Waals surface area contributed by atoms with E-state index in [9.17, 15) is 9.59 Å². The molecule has 2 aromatic rings. The number of nitrogens with one attached hydrogen (secondary N) is 1. The Kier molecular flexibility index (Phi) is 4.93. The van der Waals surface area contributed by atoms with Crippen LogP contribution in [0.1, 0.15) is 41.4 Å². The van der Waals surface area contributed by atoms with E-state index in [-0.39, 0.29) is 11.8 Å². The predicted molar refractivity (Wildman–Crippen MR) is 95.0 cm³/mol. The minimum absolute atomic E-state index is 0.00676. The zero-order valence-corrected chi connectivity index (χ0v) is 14.7. The zero-order valence-electron chi connectivity index (χ0n) is 14.7. The summed E-state index contributed by atoms with van der Waals surface area (Å²) < 4.78 is 5.20. The highest BCUT2D eigenvalue weighted by molar-refractivity contribution is 5.92. The Bertz CT molecular complexity index is 754. The molecule has 1 aliphatic heterocycles. The molecule has 1 atom stereocenters. The van der Waals surface area contributed by atoms with Crippen molar-refractivity contribution in [2.45, 2.75) is 33.2 Å². The molecule has 25 heavy (non-hydrogen) atoms. The normalized spacial score (nSPS) is 20.3. The second-order valence-electron chi connectivity index (χ2n) is 6.98. The van der Waals surface area contributed by atoms with Crippen LogP contribution in [0.4, 0.5) is 0 Å². The first-order chi connectivity index (χ1) is 12.0. The maximum Gasteiger partial charge on any atom is 0.289 e. The van der Waals surface area contributed by atoms with Gasteiger partial charge in [-0.25, -0.2) is 0 Å². The standard InChI is InChI=1S/C20H24N2O3/c1-15-7-3-4-8-16(15)13-21-19(24)20(2)10-6-11-22(14-20)18(23)17-9-5-12-25-17/h3-5,7-9,12H,6,10-11,13-14H2,1-2H3,(H,21,24). The van der Waals surface area contributed by atoms with Gasteiger partial charge in [-0.15, -0.1) is 0 Å². The molecule has 0 aliphatic carbocycles. The molecule has 1 aliphatic rings. The number of rotatable bonds is 4. The van der Waals surface area contributed by atoms with Crippen LogP contribution in [0.25, 0.3) is 0 Å². The summed E-state index contributed by atoms with van der Waals surface area (Å²) in [6.45, 7) is 5.54. The van der Waals surface area contributed by atoms with E-state index in [1.807, 2.05) is 38.1 Å². The average molecular weight is 340 g/mol. The quantitative estimate of drug-likeness (QED) is 0.930. The molecule has 1 aromatic carbocycles. The number of nitrogens with zero attached hydrogens (tertiary/aromatic N) is 1. The Morgan fingerprint density at radius 2 is 2.04 bits per heavy atom. The second-order valence-corrected chi connectivity index (χ2v) is 6.98. The third kappa shape index (κ3) is 3.76. The second kappa shape index (κ2) is 7.13. The number of carbonyl (C=O) groups excluding carboxylic acids is 2. The van der Waals surface area contributed by atoms with E-state index in [4.69, 9.17) is 4.42 Å². The molecule has 2 amide bonds. The van der Waals surface area contributed by atoms with Gasteiger partial charge in [0.2, 0.25) is 5.91 Å². The molecule has 2 heterocycles. The van der Waals surface area contributed by atoms with Gasteiger partial charge in [-0.2, -0.15) is 0 Å². The van der Waals surface area contributed by atoms with Gasteiger partial charge in [0.25, 0.3) is 5.91 Å². The molecule has 0 spiro atoms. The lowest BCUT2D eigenvalue weighted by molar-refractivity contribution is -0.132. The minimum atomic E-state index is -0.580. The van der Waals surface area contributed by atoms with Gasteiger partial charge >= 0.3 is 0 Å². The summed E-state index contributed by atoms with van der Waals surface area (Å²) >= 11 is 0. The van der Waals surface area contributed by atoms with Gasteiger partial charge in [-0.3, -0.25) is 9.59 Å². The number of piperidine rings is 1. The van der Waals surface area contributed by atoms with Crippen LogP contribution in [0.15, 0.2) is 47.1 Å². The Balaban J connectivity index is 1.64. The number of hydrogen-bond donors (Lipinski definition) is 1. The van der Waals surface area contributed by atoms with Gasteiger partial charge in [0.15, 0.2) is 5.76 Å². The average Bonchev–Trinajstić information content (AvgIpc) is 3.14. The Morgan fingerprint density at radius 3 is 2.76 bits per heavy atom. The van der Waals surface area contributed by atoms with Crippen molar-refractivity contribution in [1.82, 2.24) is 10.2 Å². The van der Waals surface area contributed by atoms with Crippen molar-refractivity contribution >= 4 is 11.8 Å². The summed E-state index contributed by atoms with van der Waals surface area (Å²) in [5.74, 6) is 0.167. The smallest absolute Gasteiger partial charge is 0.289 e. The molecule has 1 aromatic heterocycles. The first-order valence-electron chi connectivity index (χ1n) is 8.65. The van der Waals surface area contributed by atoms with E-state index in [2.05, 4.69) is 5.32 Å². The number of hydrogen-bond acceptors (Lipinski definition) is 3. The molecular formula is C20H24N2O3. The summed E-state index contributed by atoms with van der Waals surface area (Å²) in [6.07, 6.45) is 3.07. The number of amides is 2. The lowest BCUT2D eigenvalue weighted by Gasteiger charge is -2.39. The number of aryl methyl sites for hydroxylation is 1. The molecule has 5 nitrogen and oxygen atoms in total. The third-order valence-electron chi connectivity index (χ3n) is 4.96. The fourth-order valence-corrected chi connectivity index (χ4v) is 3.35. The van der Waals surface area contributed by atoms with E-state index >= 15 is 0 Å². The molecule has 132 valence electrons. The summed E-state index contributed by atoms with van der Waals surface area (Å²) in [6, 6.07) is 11.4. The lowest BCUT2D eigenvalue weighted by atomic mass is 9.80. The molecule has 0 radical (unpaired) electrons. The molecule has 1 N–H and O–H groups in total. The van der Waals surface area contributed by atoms with Crippen molar-refractivity contribution in [3.05, 3.63) is 59.5 Å². The van der Waals surface area contributed by atoms with E-state index < -0.39 is 5.41 Å². The maximum atomic E-state index is 12.8. The molecule has 1 saturated heterocycles. The fraction of sp³-hybridized carbons (Fsp3) is 0.400. The highest BCUT2D eigenvalue weighted by Crippen LogP contribution is 2.30. The molecule has 0 saturated carbocycles. The molecule has 5 heteroatoms. The van der Waals surface area contributed by atoms with Crippen molar-refractivity contribution in [2.24, 2.45) is 5.41 Å². The van der Waals surface area contributed by atoms with Gasteiger partial charge in [-0.1, -0.05) is 24.3 Å². The van der Waals surface area contributed by atoms with Crippen LogP contribution in [0, 0.1) is 12.3 Å². The van der Waals surface area contributed by atoms with Gasteiger partial charge in [0.1, 0.15) is 0 Å². The first kappa shape index (κ1) is 17.3. The van der Waals surface area contributed by atoms with Crippen LogP contribution < -0.4 is 5.32 Å². The van der Waals surface area contributed by atoms with Crippen LogP contribution in [-0.4, -0.2) is 29.8 Å². The number of benzene rings is 1. The van der Waals surface area contributed by atoms with Gasteiger partial charge in [-0.05, 0) is 49.9 Å². The Hall–Kier alpha value is -2.56. The van der Waals surface area contributed by atoms with E-state index in [0.717, 1.165) is 24.0 Å². The lowest BCUT2D eigenvalue weighted by Crippen LogP contribution is -2.51. The largest absolute Gasteiger partial charge is 0.459 e. The van der Waals surface area contributed by atoms with Crippen molar-refractivity contribution in [1.29, 1.82) is 0 Å². The van der Waals surface area contributed by atoms with Crippen LogP contribution in [0.3, 0.4) is 0 Å². The SMILES string of the molecule is Cc1ccccc1CNC(=O)C1(C)CCCN(C(=O)c2ccco2)C1. The van der Waals surface area contributed by atoms with Crippen molar-refractivity contribution < 1.29 is 14.0 Å². The van der Waals surface area contributed by atoms with Crippen LogP contribution >= 0.6 is 0 Å². The first-order valence-corrected chi connectivity index (χ1v) is 8.65. The summed E-state index contributed by atoms with van der Waals surface area (Å²) in [5, 5.41) is 3.04. The summed E-state index contributed by atoms with van der Waals surface area (Å²) in [4.78, 5) is 27.0. The van der Waals surface area contributed by atoms with Crippen LogP contribution in [-0.2, 0) is 11.3 Å². The highest BCUT2D eigenvalue weighted by Gasteiger charge is 2.39. The topological polar surface area (TPSA) is 62.6 Å². The number of carbonyl (C=O) groups is 2. The molecule has 3 rings (SSSR count). The molecule has 0 bridgehead atoms. The summed E-state index contributed by atoms with van der Waals surface area (Å²) in [7, 11) is 0. The van der Waals surface area contributed by atoms with E-state index in [1.165, 1.54) is 6.26 Å². The Morgan fingerprint density at radius 1 is 1.24 bits per heavy atom.